The van der Waals surface area contributed by atoms with Crippen LogP contribution in [0.15, 0.2) is 42.5 Å². The predicted molar refractivity (Wildman–Crippen MR) is 137 cm³/mol. The van der Waals surface area contributed by atoms with Gasteiger partial charge in [0.2, 0.25) is 5.91 Å². The first-order chi connectivity index (χ1) is 16.5. The van der Waals surface area contributed by atoms with E-state index in [2.05, 4.69) is 0 Å². The molecule has 2 fully saturated rings. The maximum absolute atomic E-state index is 14.1. The van der Waals surface area contributed by atoms with Crippen LogP contribution >= 0.6 is 23.2 Å². The molecule has 6 nitrogen and oxygen atoms in total. The number of carbonyl (C=O) groups excluding carboxylic acids is 2. The topological polar surface area (TPSA) is 70.1 Å². The van der Waals surface area contributed by atoms with Gasteiger partial charge in [-0.25, -0.2) is 4.79 Å². The molecule has 0 bridgehead atoms. The zero-order chi connectivity index (χ0) is 25.3. The summed E-state index contributed by atoms with van der Waals surface area (Å²) in [5.74, 6) is -0.473. The molecule has 0 aromatic heterocycles. The molecule has 1 N–H and O–H groups in total. The van der Waals surface area contributed by atoms with Gasteiger partial charge in [0.05, 0.1) is 16.0 Å². The Balaban J connectivity index is 1.63. The first-order valence-corrected chi connectivity index (χ1v) is 12.8. The van der Waals surface area contributed by atoms with Gasteiger partial charge in [-0.1, -0.05) is 47.5 Å². The Labute approximate surface area is 216 Å². The van der Waals surface area contributed by atoms with Gasteiger partial charge in [0.25, 0.3) is 0 Å². The van der Waals surface area contributed by atoms with Crippen molar-refractivity contribution in [3.05, 3.63) is 63.6 Å². The van der Waals surface area contributed by atoms with E-state index in [9.17, 15) is 14.7 Å². The number of phenolic OH excluding ortho intramolecular Hbond substituents is 1. The van der Waals surface area contributed by atoms with E-state index in [0.717, 1.165) is 24.0 Å². The van der Waals surface area contributed by atoms with E-state index < -0.39 is 17.6 Å². The summed E-state index contributed by atoms with van der Waals surface area (Å²) in [6, 6.07) is 12.6. The van der Waals surface area contributed by atoms with Crippen LogP contribution in [0.4, 0.5) is 4.79 Å². The predicted octanol–water partition coefficient (Wildman–Crippen LogP) is 6.23. The van der Waals surface area contributed by atoms with Crippen LogP contribution in [0.3, 0.4) is 0 Å². The third-order valence-electron chi connectivity index (χ3n) is 6.52. The van der Waals surface area contributed by atoms with E-state index in [1.807, 2.05) is 43.9 Å². The molecule has 1 aliphatic carbocycles. The van der Waals surface area contributed by atoms with E-state index in [1.165, 1.54) is 0 Å². The highest BCUT2D eigenvalue weighted by molar-refractivity contribution is 6.42. The Morgan fingerprint density at radius 3 is 2.49 bits per heavy atom. The molecule has 1 saturated carbocycles. The second-order valence-corrected chi connectivity index (χ2v) is 11.2. The normalized spacial score (nSPS) is 20.4. The van der Waals surface area contributed by atoms with E-state index >= 15 is 0 Å². The smallest absolute Gasteiger partial charge is 0.410 e. The first kappa shape index (κ1) is 25.6. The summed E-state index contributed by atoms with van der Waals surface area (Å²) < 4.78 is 5.60. The minimum Gasteiger partial charge on any atom is -0.508 e. The molecule has 2 aromatic rings. The van der Waals surface area contributed by atoms with Gasteiger partial charge >= 0.3 is 6.09 Å². The number of piperidine rings is 1. The van der Waals surface area contributed by atoms with Gasteiger partial charge < -0.3 is 19.6 Å². The van der Waals surface area contributed by atoms with Crippen molar-refractivity contribution < 1.29 is 19.4 Å². The van der Waals surface area contributed by atoms with Gasteiger partial charge in [-0.2, -0.15) is 0 Å². The van der Waals surface area contributed by atoms with Crippen LogP contribution in [-0.2, 0) is 16.1 Å². The van der Waals surface area contributed by atoms with Crippen molar-refractivity contribution in [3.8, 4) is 5.75 Å². The second kappa shape index (κ2) is 10.3. The fraction of sp³-hybridized carbons (Fsp3) is 0.481. The zero-order valence-corrected chi connectivity index (χ0v) is 21.9. The number of likely N-dealkylation sites (tertiary alicyclic amines) is 1. The molecule has 1 saturated heterocycles. The highest BCUT2D eigenvalue weighted by atomic mass is 35.5. The molecule has 35 heavy (non-hydrogen) atoms. The number of phenols is 1. The molecular weight excluding hydrogens is 487 g/mol. The van der Waals surface area contributed by atoms with Crippen LogP contribution < -0.4 is 0 Å². The molecule has 1 aliphatic heterocycles. The lowest BCUT2D eigenvalue weighted by Gasteiger charge is -2.40. The lowest BCUT2D eigenvalue weighted by molar-refractivity contribution is -0.139. The summed E-state index contributed by atoms with van der Waals surface area (Å²) in [6.45, 7) is 6.57. The van der Waals surface area contributed by atoms with E-state index in [0.29, 0.717) is 29.6 Å². The monoisotopic (exact) mass is 518 g/mol. The number of benzene rings is 2. The number of hydrogen-bond donors (Lipinski definition) is 1. The summed E-state index contributed by atoms with van der Waals surface area (Å²) in [4.78, 5) is 30.5. The van der Waals surface area contributed by atoms with Crippen LogP contribution in [0, 0.1) is 5.92 Å². The molecule has 8 heteroatoms. The van der Waals surface area contributed by atoms with Gasteiger partial charge in [0, 0.05) is 25.7 Å². The van der Waals surface area contributed by atoms with Crippen molar-refractivity contribution in [3.63, 3.8) is 0 Å². The highest BCUT2D eigenvalue weighted by Crippen LogP contribution is 2.39. The van der Waals surface area contributed by atoms with Crippen LogP contribution in [-0.4, -0.2) is 51.6 Å². The van der Waals surface area contributed by atoms with Crippen molar-refractivity contribution in [2.24, 2.45) is 5.92 Å². The van der Waals surface area contributed by atoms with Crippen molar-refractivity contribution in [1.82, 2.24) is 9.80 Å². The Morgan fingerprint density at radius 2 is 1.83 bits per heavy atom. The molecule has 2 atom stereocenters. The quantitative estimate of drug-likeness (QED) is 0.509. The number of halogens is 2. The number of rotatable bonds is 5. The van der Waals surface area contributed by atoms with E-state index in [1.54, 1.807) is 29.2 Å². The summed E-state index contributed by atoms with van der Waals surface area (Å²) in [6.07, 6.45) is 2.04. The lowest BCUT2D eigenvalue weighted by atomic mass is 9.79. The van der Waals surface area contributed by atoms with Gasteiger partial charge in [-0.3, -0.25) is 4.79 Å². The third kappa shape index (κ3) is 6.22. The fourth-order valence-corrected chi connectivity index (χ4v) is 5.07. The number of nitrogens with zero attached hydrogens (tertiary/aromatic N) is 2. The molecule has 2 aromatic carbocycles. The van der Waals surface area contributed by atoms with Gasteiger partial charge in [-0.15, -0.1) is 0 Å². The molecule has 2 aliphatic rings. The van der Waals surface area contributed by atoms with Gasteiger partial charge in [0.1, 0.15) is 11.4 Å². The van der Waals surface area contributed by atoms with E-state index in [-0.39, 0.29) is 30.2 Å². The molecule has 0 unspecified atom stereocenters. The standard InChI is InChI=1S/C27H32Cl2N2O4/c1-27(2,3)35-26(34)30-13-12-21(17-6-4-8-20(32)14-17)22(16-30)25(33)31(19-10-11-19)15-18-7-5-9-23(28)24(18)29/h4-9,14,19,21-22,32H,10-13,15-16H2,1-3H3/t21-,22+/m1/s1. The Kier molecular flexibility index (Phi) is 7.53. The Hall–Kier alpha value is -2.44. The maximum Gasteiger partial charge on any atom is 0.410 e. The Bertz CT molecular complexity index is 1100. The molecule has 4 rings (SSSR count). The minimum absolute atomic E-state index is 0.0230. The largest absolute Gasteiger partial charge is 0.508 e. The average molecular weight is 519 g/mol. The summed E-state index contributed by atoms with van der Waals surface area (Å²) in [5.41, 5.74) is 1.07. The van der Waals surface area contributed by atoms with Gasteiger partial charge in [0.15, 0.2) is 0 Å². The molecular formula is C27H32Cl2N2O4. The van der Waals surface area contributed by atoms with Crippen molar-refractivity contribution >= 4 is 35.2 Å². The summed E-state index contributed by atoms with van der Waals surface area (Å²) >= 11 is 12.7. The van der Waals surface area contributed by atoms with Crippen molar-refractivity contribution in [1.29, 1.82) is 0 Å². The Morgan fingerprint density at radius 1 is 1.11 bits per heavy atom. The molecule has 0 spiro atoms. The number of aromatic hydroxyl groups is 1. The zero-order valence-electron chi connectivity index (χ0n) is 20.3. The molecule has 2 amide bonds. The fourth-order valence-electron chi connectivity index (χ4n) is 4.69. The molecule has 1 heterocycles. The third-order valence-corrected chi connectivity index (χ3v) is 7.38. The van der Waals surface area contributed by atoms with Crippen LogP contribution in [0.5, 0.6) is 5.75 Å². The molecule has 0 radical (unpaired) electrons. The SMILES string of the molecule is CC(C)(C)OC(=O)N1CC[C@H](c2cccc(O)c2)[C@@H](C(=O)N(Cc2cccc(Cl)c2Cl)C2CC2)C1. The minimum atomic E-state index is -0.623. The van der Waals surface area contributed by atoms with E-state index in [4.69, 9.17) is 27.9 Å². The van der Waals surface area contributed by atoms with Crippen LogP contribution in [0.1, 0.15) is 57.1 Å². The van der Waals surface area contributed by atoms with Gasteiger partial charge in [-0.05, 0) is 75.3 Å². The number of carbonyl (C=O) groups is 2. The lowest BCUT2D eigenvalue weighted by Crippen LogP contribution is -2.51. The highest BCUT2D eigenvalue weighted by Gasteiger charge is 2.43. The van der Waals surface area contributed by atoms with Crippen molar-refractivity contribution in [2.75, 3.05) is 13.1 Å². The van der Waals surface area contributed by atoms with Crippen molar-refractivity contribution in [2.45, 2.75) is 64.1 Å². The second-order valence-electron chi connectivity index (χ2n) is 10.4. The summed E-state index contributed by atoms with van der Waals surface area (Å²) in [5, 5.41) is 11.0. The number of hydrogen-bond acceptors (Lipinski definition) is 4. The molecule has 188 valence electrons. The van der Waals surface area contributed by atoms with Crippen LogP contribution in [0.2, 0.25) is 10.0 Å². The number of ether oxygens (including phenoxy) is 1. The maximum atomic E-state index is 14.1. The average Bonchev–Trinajstić information content (AvgIpc) is 3.63. The number of amides is 2. The van der Waals surface area contributed by atoms with Crippen LogP contribution in [0.25, 0.3) is 0 Å². The first-order valence-electron chi connectivity index (χ1n) is 12.0. The summed E-state index contributed by atoms with van der Waals surface area (Å²) in [7, 11) is 0.